The van der Waals surface area contributed by atoms with Crippen molar-refractivity contribution < 1.29 is 8.78 Å². The monoisotopic (exact) mass is 465 g/mol. The SMILES string of the molecule is CNCCn1cc(-c2cnc3ccc(C4=CCN=C4c4cc(Cl)c(F)cc4F)nc3c2)nn1. The lowest BCUT2D eigenvalue weighted by Crippen LogP contribution is -2.15. The van der Waals surface area contributed by atoms with Crippen LogP contribution in [0.5, 0.6) is 0 Å². The Kier molecular flexibility index (Phi) is 5.65. The molecule has 5 rings (SSSR count). The highest BCUT2D eigenvalue weighted by Gasteiger charge is 2.22. The maximum Gasteiger partial charge on any atom is 0.144 e. The van der Waals surface area contributed by atoms with Gasteiger partial charge in [0.15, 0.2) is 0 Å². The molecular weight excluding hydrogens is 448 g/mol. The fraction of sp³-hybridized carbons (Fsp3) is 0.174. The molecule has 0 bridgehead atoms. The van der Waals surface area contributed by atoms with Crippen LogP contribution in [-0.4, -0.2) is 50.8 Å². The summed E-state index contributed by atoms with van der Waals surface area (Å²) in [5.74, 6) is -1.54. The van der Waals surface area contributed by atoms with E-state index in [0.29, 0.717) is 46.8 Å². The molecule has 0 saturated carbocycles. The van der Waals surface area contributed by atoms with E-state index in [4.69, 9.17) is 16.6 Å². The van der Waals surface area contributed by atoms with Crippen LogP contribution in [0.3, 0.4) is 0 Å². The quantitative estimate of drug-likeness (QED) is 0.436. The van der Waals surface area contributed by atoms with Crippen molar-refractivity contribution in [2.45, 2.75) is 6.54 Å². The van der Waals surface area contributed by atoms with Crippen molar-refractivity contribution in [2.75, 3.05) is 20.1 Å². The number of aliphatic imine (C=N–C) groups is 1. The first-order valence-electron chi connectivity index (χ1n) is 10.3. The number of aromatic nitrogens is 5. The number of hydrogen-bond donors (Lipinski definition) is 1. The zero-order valence-corrected chi connectivity index (χ0v) is 18.3. The van der Waals surface area contributed by atoms with Crippen molar-refractivity contribution in [1.82, 2.24) is 30.3 Å². The van der Waals surface area contributed by atoms with Crippen LogP contribution >= 0.6 is 11.6 Å². The number of halogens is 3. The molecule has 0 spiro atoms. The molecule has 0 saturated heterocycles. The molecule has 0 atom stereocenters. The van der Waals surface area contributed by atoms with E-state index in [1.54, 1.807) is 16.9 Å². The predicted molar refractivity (Wildman–Crippen MR) is 123 cm³/mol. The lowest BCUT2D eigenvalue weighted by atomic mass is 9.99. The molecule has 166 valence electrons. The number of fused-ring (bicyclic) bond motifs is 1. The Labute approximate surface area is 192 Å². The van der Waals surface area contributed by atoms with Crippen LogP contribution in [0.25, 0.3) is 27.9 Å². The fourth-order valence-corrected chi connectivity index (χ4v) is 3.80. The molecule has 1 N–H and O–H groups in total. The highest BCUT2D eigenvalue weighted by Crippen LogP contribution is 2.29. The van der Waals surface area contributed by atoms with Crippen molar-refractivity contribution in [2.24, 2.45) is 4.99 Å². The number of hydrogen-bond acceptors (Lipinski definition) is 6. The Bertz CT molecular complexity index is 1430. The summed E-state index contributed by atoms with van der Waals surface area (Å²) in [5.41, 5.74) is 4.62. The van der Waals surface area contributed by atoms with Gasteiger partial charge in [0.25, 0.3) is 0 Å². The second kappa shape index (κ2) is 8.76. The molecule has 0 unspecified atom stereocenters. The highest BCUT2D eigenvalue weighted by molar-refractivity contribution is 6.35. The van der Waals surface area contributed by atoms with Crippen molar-refractivity contribution in [3.05, 3.63) is 76.7 Å². The normalized spacial score (nSPS) is 13.5. The standard InChI is InChI=1S/C23H18ClF2N7/c1-27-6-7-33-12-22(31-32-33)13-8-21-20(29-11-13)3-2-19(30-21)14-4-5-28-23(14)15-9-16(24)18(26)10-17(15)25/h2-4,8-12,27H,5-7H2,1H3. The molecule has 1 aliphatic heterocycles. The fourth-order valence-electron chi connectivity index (χ4n) is 3.63. The second-order valence-corrected chi connectivity index (χ2v) is 7.89. The molecule has 1 aromatic carbocycles. The molecule has 0 aliphatic carbocycles. The third-order valence-electron chi connectivity index (χ3n) is 5.30. The first-order valence-corrected chi connectivity index (χ1v) is 10.6. The average molecular weight is 466 g/mol. The third kappa shape index (κ3) is 4.12. The molecule has 7 nitrogen and oxygen atoms in total. The van der Waals surface area contributed by atoms with Gasteiger partial charge in [-0.2, -0.15) is 0 Å². The van der Waals surface area contributed by atoms with Crippen molar-refractivity contribution in [3.63, 3.8) is 0 Å². The summed E-state index contributed by atoms with van der Waals surface area (Å²) < 4.78 is 29.9. The molecule has 33 heavy (non-hydrogen) atoms. The molecule has 1 aliphatic rings. The van der Waals surface area contributed by atoms with Crippen molar-refractivity contribution in [3.8, 4) is 11.3 Å². The molecule has 10 heteroatoms. The largest absolute Gasteiger partial charge is 0.318 e. The summed E-state index contributed by atoms with van der Waals surface area (Å²) >= 11 is 5.89. The minimum absolute atomic E-state index is 0.136. The topological polar surface area (TPSA) is 80.9 Å². The minimum Gasteiger partial charge on any atom is -0.318 e. The van der Waals surface area contributed by atoms with Gasteiger partial charge >= 0.3 is 0 Å². The highest BCUT2D eigenvalue weighted by atomic mass is 35.5. The molecule has 4 heterocycles. The van der Waals surface area contributed by atoms with Crippen LogP contribution in [-0.2, 0) is 6.54 Å². The van der Waals surface area contributed by atoms with Gasteiger partial charge in [-0.3, -0.25) is 14.7 Å². The van der Waals surface area contributed by atoms with E-state index >= 15 is 0 Å². The van der Waals surface area contributed by atoms with Crippen molar-refractivity contribution in [1.29, 1.82) is 0 Å². The Morgan fingerprint density at radius 1 is 1.09 bits per heavy atom. The van der Waals surface area contributed by atoms with Gasteiger partial charge in [-0.05, 0) is 31.3 Å². The maximum atomic E-state index is 14.5. The summed E-state index contributed by atoms with van der Waals surface area (Å²) in [6.45, 7) is 1.85. The molecule has 0 amide bonds. The van der Waals surface area contributed by atoms with Gasteiger partial charge in [0.2, 0.25) is 0 Å². The number of likely N-dealkylation sites (N-methyl/N-ethyl adjacent to an activating group) is 1. The Morgan fingerprint density at radius 2 is 1.97 bits per heavy atom. The van der Waals surface area contributed by atoms with Crippen LogP contribution in [0.15, 0.2) is 53.8 Å². The summed E-state index contributed by atoms with van der Waals surface area (Å²) in [6.07, 6.45) is 5.44. The number of pyridine rings is 2. The van der Waals surface area contributed by atoms with Crippen LogP contribution in [0, 0.1) is 11.6 Å². The number of benzene rings is 1. The number of rotatable bonds is 6. The number of nitrogens with one attached hydrogen (secondary N) is 1. The number of allylic oxidation sites excluding steroid dienone is 1. The minimum atomic E-state index is -0.813. The third-order valence-corrected chi connectivity index (χ3v) is 5.59. The van der Waals surface area contributed by atoms with Gasteiger partial charge in [-0.15, -0.1) is 5.10 Å². The maximum absolute atomic E-state index is 14.5. The zero-order valence-electron chi connectivity index (χ0n) is 17.6. The molecule has 3 aromatic heterocycles. The number of nitrogens with zero attached hydrogens (tertiary/aromatic N) is 6. The van der Waals surface area contributed by atoms with Gasteiger partial charge < -0.3 is 5.32 Å². The predicted octanol–water partition coefficient (Wildman–Crippen LogP) is 3.93. The van der Waals surface area contributed by atoms with E-state index in [2.05, 4.69) is 25.6 Å². The summed E-state index contributed by atoms with van der Waals surface area (Å²) in [4.78, 5) is 13.6. The van der Waals surface area contributed by atoms with Gasteiger partial charge in [0, 0.05) is 35.5 Å². The van der Waals surface area contributed by atoms with E-state index in [1.165, 1.54) is 6.07 Å². The van der Waals surface area contributed by atoms with E-state index in [9.17, 15) is 8.78 Å². The summed E-state index contributed by atoms with van der Waals surface area (Å²) in [5, 5.41) is 11.3. The molecular formula is C23H18ClF2N7. The lowest BCUT2D eigenvalue weighted by molar-refractivity contribution is 0.565. The van der Waals surface area contributed by atoms with Crippen LogP contribution in [0.4, 0.5) is 8.78 Å². The average Bonchev–Trinajstić information content (AvgIpc) is 3.49. The van der Waals surface area contributed by atoms with E-state index < -0.39 is 11.6 Å². The Balaban J connectivity index is 1.50. The zero-order chi connectivity index (χ0) is 22.9. The Morgan fingerprint density at radius 3 is 2.82 bits per heavy atom. The van der Waals surface area contributed by atoms with Crippen LogP contribution in [0.1, 0.15) is 11.3 Å². The van der Waals surface area contributed by atoms with Gasteiger partial charge in [0.05, 0.1) is 46.7 Å². The second-order valence-electron chi connectivity index (χ2n) is 7.48. The van der Waals surface area contributed by atoms with Gasteiger partial charge in [0.1, 0.15) is 17.3 Å². The van der Waals surface area contributed by atoms with Gasteiger partial charge in [-0.1, -0.05) is 22.9 Å². The summed E-state index contributed by atoms with van der Waals surface area (Å²) in [6, 6.07) is 7.56. The van der Waals surface area contributed by atoms with Gasteiger partial charge in [-0.25, -0.2) is 13.8 Å². The van der Waals surface area contributed by atoms with Crippen LogP contribution < -0.4 is 5.32 Å². The van der Waals surface area contributed by atoms with Crippen molar-refractivity contribution >= 4 is 33.9 Å². The van der Waals surface area contributed by atoms with E-state index in [1.807, 2.05) is 31.5 Å². The van der Waals surface area contributed by atoms with Crippen LogP contribution in [0.2, 0.25) is 5.02 Å². The first-order chi connectivity index (χ1) is 16.0. The summed E-state index contributed by atoms with van der Waals surface area (Å²) in [7, 11) is 1.88. The van der Waals surface area contributed by atoms with E-state index in [-0.39, 0.29) is 10.6 Å². The molecule has 0 fully saturated rings. The molecule has 4 aromatic rings. The Hall–Kier alpha value is -3.56. The molecule has 0 radical (unpaired) electrons. The first kappa shape index (κ1) is 21.3. The van der Waals surface area contributed by atoms with E-state index in [0.717, 1.165) is 18.2 Å². The smallest absolute Gasteiger partial charge is 0.144 e. The lowest BCUT2D eigenvalue weighted by Gasteiger charge is -2.10.